The number of hydrogen-bond acceptors (Lipinski definition) is 4. The smallest absolute Gasteiger partial charge is 0.311 e. The third-order valence-electron chi connectivity index (χ3n) is 6.85. The standard InChI is InChI=1S/C26H30N2O3/c1-3-15-28-24(29)18-23(25(30)31-2)26(28)13-16-27(17-14-26)19-20-9-11-22(12-10-20)21-7-5-4-6-8-21/h3-12,23H,1,13-19H2,2H3. The highest BCUT2D eigenvalue weighted by Crippen LogP contribution is 2.44. The minimum atomic E-state index is -0.452. The molecular weight excluding hydrogens is 388 g/mol. The first kappa shape index (κ1) is 21.3. The number of amides is 1. The Morgan fingerprint density at radius 2 is 1.74 bits per heavy atom. The molecule has 2 saturated heterocycles. The Morgan fingerprint density at radius 3 is 2.35 bits per heavy atom. The van der Waals surface area contributed by atoms with Gasteiger partial charge in [0.05, 0.1) is 18.6 Å². The van der Waals surface area contributed by atoms with E-state index < -0.39 is 11.5 Å². The molecule has 2 aliphatic heterocycles. The van der Waals surface area contributed by atoms with Crippen molar-refractivity contribution in [3.8, 4) is 11.1 Å². The maximum Gasteiger partial charge on any atom is 0.311 e. The van der Waals surface area contributed by atoms with Crippen molar-refractivity contribution < 1.29 is 14.3 Å². The van der Waals surface area contributed by atoms with Gasteiger partial charge in [-0.15, -0.1) is 6.58 Å². The molecule has 1 amide bonds. The van der Waals surface area contributed by atoms with Crippen LogP contribution in [0.25, 0.3) is 11.1 Å². The van der Waals surface area contributed by atoms with Crippen molar-refractivity contribution >= 4 is 11.9 Å². The van der Waals surface area contributed by atoms with Crippen molar-refractivity contribution in [1.29, 1.82) is 0 Å². The van der Waals surface area contributed by atoms with E-state index in [1.807, 2.05) is 11.0 Å². The van der Waals surface area contributed by atoms with Gasteiger partial charge in [-0.2, -0.15) is 0 Å². The zero-order valence-corrected chi connectivity index (χ0v) is 18.1. The molecule has 2 heterocycles. The molecule has 5 nitrogen and oxygen atoms in total. The van der Waals surface area contributed by atoms with E-state index in [2.05, 4.69) is 60.0 Å². The van der Waals surface area contributed by atoms with Gasteiger partial charge in [0.1, 0.15) is 0 Å². The maximum absolute atomic E-state index is 12.6. The monoisotopic (exact) mass is 418 g/mol. The van der Waals surface area contributed by atoms with Crippen LogP contribution in [0.15, 0.2) is 67.3 Å². The summed E-state index contributed by atoms with van der Waals surface area (Å²) in [6, 6.07) is 19.1. The Morgan fingerprint density at radius 1 is 1.10 bits per heavy atom. The molecule has 1 unspecified atom stereocenters. The number of esters is 1. The molecule has 2 aromatic rings. The second kappa shape index (κ2) is 9.06. The summed E-state index contributed by atoms with van der Waals surface area (Å²) in [7, 11) is 1.41. The minimum Gasteiger partial charge on any atom is -0.469 e. The van der Waals surface area contributed by atoms with E-state index in [-0.39, 0.29) is 18.3 Å². The van der Waals surface area contributed by atoms with Crippen LogP contribution in [0.4, 0.5) is 0 Å². The number of carbonyl (C=O) groups is 2. The number of rotatable bonds is 6. The summed E-state index contributed by atoms with van der Waals surface area (Å²) in [5.41, 5.74) is 3.25. The third kappa shape index (κ3) is 4.15. The Labute approximate surface area is 184 Å². The summed E-state index contributed by atoms with van der Waals surface area (Å²) in [4.78, 5) is 29.4. The lowest BCUT2D eigenvalue weighted by Crippen LogP contribution is -2.57. The summed E-state index contributed by atoms with van der Waals surface area (Å²) >= 11 is 0. The fraction of sp³-hybridized carbons (Fsp3) is 0.385. The average molecular weight is 419 g/mol. The van der Waals surface area contributed by atoms with Gasteiger partial charge in [-0.3, -0.25) is 14.5 Å². The molecule has 2 fully saturated rings. The molecule has 0 aromatic heterocycles. The molecule has 0 radical (unpaired) electrons. The summed E-state index contributed by atoms with van der Waals surface area (Å²) in [5.74, 6) is -0.637. The summed E-state index contributed by atoms with van der Waals surface area (Å²) in [6.45, 7) is 6.83. The molecule has 4 rings (SSSR count). The van der Waals surface area contributed by atoms with Crippen molar-refractivity contribution in [2.45, 2.75) is 31.3 Å². The first-order valence-electron chi connectivity index (χ1n) is 10.9. The van der Waals surface area contributed by atoms with E-state index in [1.165, 1.54) is 23.8 Å². The minimum absolute atomic E-state index is 0.0280. The molecule has 5 heteroatoms. The highest BCUT2D eigenvalue weighted by atomic mass is 16.5. The van der Waals surface area contributed by atoms with Crippen LogP contribution in [0, 0.1) is 5.92 Å². The predicted molar refractivity (Wildman–Crippen MR) is 121 cm³/mol. The molecule has 0 bridgehead atoms. The van der Waals surface area contributed by atoms with Gasteiger partial charge < -0.3 is 9.64 Å². The topological polar surface area (TPSA) is 49.9 Å². The molecule has 31 heavy (non-hydrogen) atoms. The van der Waals surface area contributed by atoms with Crippen molar-refractivity contribution in [2.75, 3.05) is 26.7 Å². The lowest BCUT2D eigenvalue weighted by atomic mass is 9.76. The zero-order chi connectivity index (χ0) is 21.8. The Kier molecular flexibility index (Phi) is 6.23. The molecule has 0 N–H and O–H groups in total. The number of methoxy groups -OCH3 is 1. The summed E-state index contributed by atoms with van der Waals surface area (Å²) in [6.07, 6.45) is 3.53. The lowest BCUT2D eigenvalue weighted by Gasteiger charge is -2.46. The van der Waals surface area contributed by atoms with E-state index in [0.29, 0.717) is 6.54 Å². The molecule has 1 spiro atoms. The highest BCUT2D eigenvalue weighted by Gasteiger charge is 2.56. The summed E-state index contributed by atoms with van der Waals surface area (Å²) in [5, 5.41) is 0. The fourth-order valence-electron chi connectivity index (χ4n) is 5.18. The second-order valence-corrected chi connectivity index (χ2v) is 8.52. The number of nitrogens with zero attached hydrogens (tertiary/aromatic N) is 2. The number of benzene rings is 2. The predicted octanol–water partition coefficient (Wildman–Crippen LogP) is 3.90. The van der Waals surface area contributed by atoms with Gasteiger partial charge in [0.25, 0.3) is 0 Å². The first-order valence-corrected chi connectivity index (χ1v) is 10.9. The van der Waals surface area contributed by atoms with Crippen molar-refractivity contribution in [1.82, 2.24) is 9.80 Å². The van der Waals surface area contributed by atoms with Crippen LogP contribution >= 0.6 is 0 Å². The Balaban J connectivity index is 1.44. The zero-order valence-electron chi connectivity index (χ0n) is 18.1. The van der Waals surface area contributed by atoms with Crippen LogP contribution < -0.4 is 0 Å². The molecule has 0 saturated carbocycles. The molecule has 0 aliphatic carbocycles. The normalized spacial score (nSPS) is 20.7. The largest absolute Gasteiger partial charge is 0.469 e. The average Bonchev–Trinajstić information content (AvgIpc) is 3.07. The number of hydrogen-bond donors (Lipinski definition) is 0. The van der Waals surface area contributed by atoms with Crippen LogP contribution in [-0.4, -0.2) is 54.0 Å². The van der Waals surface area contributed by atoms with Crippen LogP contribution in [0.5, 0.6) is 0 Å². The fourth-order valence-corrected chi connectivity index (χ4v) is 5.18. The summed E-state index contributed by atoms with van der Waals surface area (Å²) < 4.78 is 5.05. The number of carbonyl (C=O) groups excluding carboxylic acids is 2. The molecule has 2 aliphatic rings. The molecule has 2 aromatic carbocycles. The van der Waals surface area contributed by atoms with E-state index in [4.69, 9.17) is 4.74 Å². The van der Waals surface area contributed by atoms with Gasteiger partial charge in [0.2, 0.25) is 5.91 Å². The van der Waals surface area contributed by atoms with Gasteiger partial charge >= 0.3 is 5.97 Å². The quantitative estimate of drug-likeness (QED) is 0.527. The second-order valence-electron chi connectivity index (χ2n) is 8.52. The van der Waals surface area contributed by atoms with Crippen LogP contribution in [0.2, 0.25) is 0 Å². The third-order valence-corrected chi connectivity index (χ3v) is 6.85. The van der Waals surface area contributed by atoms with Crippen LogP contribution in [0.3, 0.4) is 0 Å². The van der Waals surface area contributed by atoms with Gasteiger partial charge in [-0.25, -0.2) is 0 Å². The maximum atomic E-state index is 12.6. The lowest BCUT2D eigenvalue weighted by molar-refractivity contribution is -0.150. The van der Waals surface area contributed by atoms with Crippen molar-refractivity contribution in [3.63, 3.8) is 0 Å². The number of ether oxygens (including phenoxy) is 1. The van der Waals surface area contributed by atoms with Crippen LogP contribution in [0.1, 0.15) is 24.8 Å². The van der Waals surface area contributed by atoms with E-state index in [1.54, 1.807) is 6.08 Å². The van der Waals surface area contributed by atoms with Gasteiger partial charge in [-0.05, 0) is 29.5 Å². The molecule has 1 atom stereocenters. The first-order chi connectivity index (χ1) is 15.1. The Hall–Kier alpha value is -2.92. The van der Waals surface area contributed by atoms with Gasteiger partial charge in [0, 0.05) is 32.6 Å². The van der Waals surface area contributed by atoms with E-state index in [9.17, 15) is 9.59 Å². The van der Waals surface area contributed by atoms with E-state index >= 15 is 0 Å². The van der Waals surface area contributed by atoms with Gasteiger partial charge in [-0.1, -0.05) is 60.7 Å². The van der Waals surface area contributed by atoms with Crippen molar-refractivity contribution in [3.05, 3.63) is 72.8 Å². The van der Waals surface area contributed by atoms with Crippen molar-refractivity contribution in [2.24, 2.45) is 5.92 Å². The molecular formula is C26H30N2O3. The van der Waals surface area contributed by atoms with Gasteiger partial charge in [0.15, 0.2) is 0 Å². The SMILES string of the molecule is C=CCN1C(=O)CC(C(=O)OC)C12CCN(Cc1ccc(-c3ccccc3)cc1)CC2. The number of likely N-dealkylation sites (tertiary alicyclic amines) is 2. The number of piperidine rings is 1. The van der Waals surface area contributed by atoms with E-state index in [0.717, 1.165) is 32.5 Å². The highest BCUT2D eigenvalue weighted by molar-refractivity contribution is 5.89. The molecule has 162 valence electrons. The Bertz CT molecular complexity index is 931. The van der Waals surface area contributed by atoms with Crippen LogP contribution in [-0.2, 0) is 20.9 Å².